The van der Waals surface area contributed by atoms with Crippen molar-refractivity contribution < 1.29 is 65.1 Å². The molecule has 0 aliphatic rings. The van der Waals surface area contributed by atoms with Gasteiger partial charge in [0.25, 0.3) is 20.2 Å². The molecular weight excluding hydrogens is 933 g/mol. The molecule has 65 heavy (non-hydrogen) atoms. The van der Waals surface area contributed by atoms with Crippen molar-refractivity contribution in [2.75, 3.05) is 11.1 Å². The van der Waals surface area contributed by atoms with Gasteiger partial charge in [-0.3, -0.25) is 13.9 Å². The first kappa shape index (κ1) is 46.5. The third kappa shape index (κ3) is 10.5. The van der Waals surface area contributed by atoms with Crippen molar-refractivity contribution in [2.24, 2.45) is 30.7 Å². The number of phenolic OH excluding ortho intramolecular Hbond substituents is 1. The smallest absolute Gasteiger partial charge is 0.296 e. The lowest BCUT2D eigenvalue weighted by Gasteiger charge is -2.12. The van der Waals surface area contributed by atoms with Gasteiger partial charge in [-0.05, 0) is 101 Å². The van der Waals surface area contributed by atoms with Crippen molar-refractivity contribution in [3.8, 4) is 5.75 Å². The molecule has 22 nitrogen and oxygen atoms in total. The molecule has 26 heteroatoms. The van der Waals surface area contributed by atoms with Crippen LogP contribution in [0, 0.1) is 6.92 Å². The Morgan fingerprint density at radius 1 is 0.646 bits per heavy atom. The van der Waals surface area contributed by atoms with E-state index in [1.54, 1.807) is 43.3 Å². The van der Waals surface area contributed by atoms with E-state index in [0.29, 0.717) is 39.6 Å². The molecule has 0 saturated carbocycles. The Morgan fingerprint density at radius 2 is 1.31 bits per heavy atom. The van der Waals surface area contributed by atoms with Gasteiger partial charge in [-0.2, -0.15) is 27.1 Å². The highest BCUT2D eigenvalue weighted by Crippen LogP contribution is 2.46. The number of nitrogens with one attached hydrogen (secondary N) is 1. The maximum Gasteiger partial charge on any atom is 0.296 e. The number of hydrogen-bond donors (Lipinski definition) is 7. The van der Waals surface area contributed by atoms with E-state index in [-0.39, 0.29) is 49.2 Å². The van der Waals surface area contributed by atoms with Gasteiger partial charge in [-0.1, -0.05) is 34.3 Å². The Bertz CT molecular complexity index is 3370. The van der Waals surface area contributed by atoms with Crippen molar-refractivity contribution in [3.05, 3.63) is 103 Å². The average Bonchev–Trinajstić information content (AvgIpc) is 3.26. The molecule has 0 aliphatic heterocycles. The van der Waals surface area contributed by atoms with Crippen LogP contribution in [0.5, 0.6) is 5.75 Å². The van der Waals surface area contributed by atoms with Gasteiger partial charge in [0.2, 0.25) is 5.91 Å². The summed E-state index contributed by atoms with van der Waals surface area (Å²) in [5.74, 6) is -1.00. The first-order chi connectivity index (χ1) is 30.9. The number of phenols is 1. The van der Waals surface area contributed by atoms with Crippen LogP contribution >= 0.6 is 24.1 Å². The first-order valence-electron chi connectivity index (χ1n) is 18.1. The second-order valence-corrected chi connectivity index (χ2v) is 17.8. The van der Waals surface area contributed by atoms with Gasteiger partial charge < -0.3 is 16.2 Å². The van der Waals surface area contributed by atoms with E-state index in [0.717, 1.165) is 47.1 Å². The minimum absolute atomic E-state index is 0.00430. The van der Waals surface area contributed by atoms with Crippen LogP contribution < -0.4 is 11.1 Å². The molecule has 0 aromatic heterocycles. The number of carbonyl (C=O) groups is 1. The van der Waals surface area contributed by atoms with Crippen molar-refractivity contribution >= 4 is 128 Å². The highest BCUT2D eigenvalue weighted by Gasteiger charge is 2.21. The quantitative estimate of drug-likeness (QED) is 0.0125. The van der Waals surface area contributed by atoms with Crippen LogP contribution in [0.1, 0.15) is 12.5 Å². The summed E-state index contributed by atoms with van der Waals surface area (Å²) in [6.45, 7) is 3.04. The van der Waals surface area contributed by atoms with E-state index in [1.165, 1.54) is 37.3 Å². The Morgan fingerprint density at radius 3 is 2.00 bits per heavy atom. The minimum Gasteiger partial charge on any atom is -0.505 e. The second kappa shape index (κ2) is 19.3. The number of benzene rings is 7. The average molecular weight is 963 g/mol. The molecule has 0 heterocycles. The summed E-state index contributed by atoms with van der Waals surface area (Å²) in [5.41, 5.74) is 7.26. The molecule has 7 rings (SSSR count). The van der Waals surface area contributed by atoms with E-state index in [4.69, 9.17) is 16.2 Å². The fourth-order valence-electron chi connectivity index (χ4n) is 6.37. The molecule has 7 aromatic carbocycles. The summed E-state index contributed by atoms with van der Waals surface area (Å²) in [6, 6.07) is 23.7. The molecule has 0 aliphatic carbocycles. The molecule has 0 unspecified atom stereocenters. The van der Waals surface area contributed by atoms with E-state index in [1.807, 2.05) is 6.07 Å². The molecule has 0 spiro atoms. The number of hydrogen-bond acceptors (Lipinski definition) is 21. The minimum atomic E-state index is -4.77. The van der Waals surface area contributed by atoms with Crippen molar-refractivity contribution in [1.29, 1.82) is 0 Å². The highest BCUT2D eigenvalue weighted by atomic mass is 32.2. The first-order valence-corrected chi connectivity index (χ1v) is 22.4. The Labute approximate surface area is 375 Å². The number of nitrogens with zero attached hydrogens (tertiary/aromatic N) is 6. The highest BCUT2D eigenvalue weighted by molar-refractivity contribution is 7.95. The number of nitrogens with two attached hydrogens (primary N) is 1. The number of azo groups is 3. The van der Waals surface area contributed by atoms with Gasteiger partial charge >= 0.3 is 0 Å². The van der Waals surface area contributed by atoms with Crippen molar-refractivity contribution in [1.82, 2.24) is 0 Å². The normalized spacial score (nSPS) is 12.5. The lowest BCUT2D eigenvalue weighted by atomic mass is 10.1. The van der Waals surface area contributed by atoms with E-state index >= 15 is 0 Å². The summed E-state index contributed by atoms with van der Waals surface area (Å²) < 4.78 is 76.9. The predicted molar refractivity (Wildman–Crippen MR) is 237 cm³/mol. The standard InChI is InChI=1S/C39H30N8O14S4/c1-19-12-34(46-42-23-6-8-25-21(13-23)4-3-5-35(25)62-60-58-50)33(41-20(2)48)18-32(19)45-43-30-10-11-31(28-16-24(64(52,53)54)7-9-26(28)30)44-47-38-36(63-61-59-51)14-22-15-37(65(55,56)57)29(40)17-27(22)39(38)49/h3-18,49-51H,40H2,1-2H3,(H,41,48)(H,52,53,54)(H,55,56,57). The Kier molecular flexibility index (Phi) is 13.8. The third-order valence-corrected chi connectivity index (χ3v) is 12.3. The van der Waals surface area contributed by atoms with Crippen LogP contribution in [-0.4, -0.2) is 47.5 Å². The number of carbonyl (C=O) groups excluding carboxylic acids is 1. The molecule has 0 saturated heterocycles. The van der Waals surface area contributed by atoms with Crippen LogP contribution in [0.3, 0.4) is 0 Å². The lowest BCUT2D eigenvalue weighted by Crippen LogP contribution is -2.05. The van der Waals surface area contributed by atoms with Crippen LogP contribution in [0.4, 0.5) is 45.5 Å². The predicted octanol–water partition coefficient (Wildman–Crippen LogP) is 11.3. The van der Waals surface area contributed by atoms with E-state index in [9.17, 15) is 35.8 Å². The van der Waals surface area contributed by atoms with Crippen LogP contribution in [0.2, 0.25) is 0 Å². The number of rotatable bonds is 15. The summed E-state index contributed by atoms with van der Waals surface area (Å²) in [6.07, 6.45) is 0. The van der Waals surface area contributed by atoms with Gasteiger partial charge in [0, 0.05) is 28.0 Å². The summed E-state index contributed by atoms with van der Waals surface area (Å²) >= 11 is 1.16. The van der Waals surface area contributed by atoms with Gasteiger partial charge in [0.05, 0.1) is 68.0 Å². The zero-order valence-electron chi connectivity index (χ0n) is 33.0. The fourth-order valence-corrected chi connectivity index (χ4v) is 8.52. The number of anilines is 2. The summed E-state index contributed by atoms with van der Waals surface area (Å²) in [4.78, 5) is 11.7. The molecule has 0 fully saturated rings. The molecular formula is C39H30N8O14S4. The SMILES string of the molecule is CC(=O)Nc1cc(N=Nc2ccc(N=Nc3c(SOOO)cc4cc(S(=O)(=O)O)c(N)cc4c3O)c3cc(S(=O)(=O)O)ccc23)c(C)cc1N=Nc1ccc2c(SOOO)cccc2c1. The Hall–Kier alpha value is -6.53. The van der Waals surface area contributed by atoms with Gasteiger partial charge in [-0.15, -0.1) is 29.1 Å². The molecule has 8 N–H and O–H groups in total. The number of amides is 1. The van der Waals surface area contributed by atoms with Crippen molar-refractivity contribution in [2.45, 2.75) is 33.4 Å². The lowest BCUT2D eigenvalue weighted by molar-refractivity contribution is -0.432. The third-order valence-electron chi connectivity index (χ3n) is 9.25. The monoisotopic (exact) mass is 962 g/mol. The van der Waals surface area contributed by atoms with Crippen LogP contribution in [0.15, 0.2) is 147 Å². The van der Waals surface area contributed by atoms with Crippen LogP contribution in [0.25, 0.3) is 32.3 Å². The Balaban J connectivity index is 1.26. The zero-order chi connectivity index (χ0) is 46.6. The molecule has 0 bridgehead atoms. The summed E-state index contributed by atoms with van der Waals surface area (Å²) in [5, 5.41) is 66.7. The number of aromatic hydroxyl groups is 1. The maximum atomic E-state index is 12.3. The fraction of sp³-hybridized carbons (Fsp3) is 0.0513. The van der Waals surface area contributed by atoms with E-state index < -0.39 is 47.4 Å². The second-order valence-electron chi connectivity index (χ2n) is 13.5. The summed E-state index contributed by atoms with van der Waals surface area (Å²) in [7, 11) is -9.51. The van der Waals surface area contributed by atoms with Gasteiger partial charge in [-0.25, -0.2) is 10.5 Å². The number of nitrogen functional groups attached to an aromatic ring is 1. The molecule has 0 radical (unpaired) electrons. The van der Waals surface area contributed by atoms with Crippen LogP contribution in [-0.2, 0) is 43.8 Å². The number of fused-ring (bicyclic) bond motifs is 3. The molecule has 334 valence electrons. The maximum absolute atomic E-state index is 12.3. The van der Waals surface area contributed by atoms with Crippen molar-refractivity contribution in [3.63, 3.8) is 0 Å². The largest absolute Gasteiger partial charge is 0.505 e. The topological polar surface area (TPSA) is 336 Å². The molecule has 0 atom stereocenters. The van der Waals surface area contributed by atoms with Gasteiger partial charge in [0.1, 0.15) is 16.3 Å². The molecule has 7 aromatic rings. The zero-order valence-corrected chi connectivity index (χ0v) is 36.3. The number of aryl methyl sites for hydroxylation is 1. The van der Waals surface area contributed by atoms with E-state index in [2.05, 4.69) is 54.7 Å². The molecule has 1 amide bonds. The van der Waals surface area contributed by atoms with Gasteiger partial charge in [0.15, 0.2) is 5.75 Å².